The van der Waals surface area contributed by atoms with Gasteiger partial charge in [-0.3, -0.25) is 9.52 Å². The Bertz CT molecular complexity index is 1200. The summed E-state index contributed by atoms with van der Waals surface area (Å²) in [7, 11) is -2.72. The molecular weight excluding hydrogens is 444 g/mol. The van der Waals surface area contributed by atoms with Crippen LogP contribution in [0.25, 0.3) is 16.8 Å². The molecular formula is C25H27ClN2O3S. The highest BCUT2D eigenvalue weighted by Crippen LogP contribution is 2.38. The van der Waals surface area contributed by atoms with E-state index in [0.717, 1.165) is 46.6 Å². The van der Waals surface area contributed by atoms with Gasteiger partial charge in [-0.05, 0) is 61.7 Å². The fourth-order valence-electron chi connectivity index (χ4n) is 4.90. The van der Waals surface area contributed by atoms with E-state index >= 15 is 0 Å². The summed E-state index contributed by atoms with van der Waals surface area (Å²) < 4.78 is 26.5. The number of carbonyl (C=O) groups excluding carboxylic acids is 1. The lowest BCUT2D eigenvalue weighted by Crippen LogP contribution is -2.08. The Morgan fingerprint density at radius 2 is 1.62 bits per heavy atom. The molecule has 1 heterocycles. The maximum atomic E-state index is 13.6. The number of nitrogens with zero attached hydrogens (tertiary/aromatic N) is 1. The maximum absolute atomic E-state index is 13.6. The van der Waals surface area contributed by atoms with E-state index in [1.54, 1.807) is 12.1 Å². The van der Waals surface area contributed by atoms with Crippen LogP contribution >= 0.6 is 11.6 Å². The standard InChI is InChI=1S/C25H27ClN2O3S/c1-16-24(19-7-11-21(12-8-19)27-32(30)31)25(23(29)15-18-5-3-4-6-18)17(2)28(16)22-13-9-20(26)10-14-22/h7-14,18,32H,3-6,15H2,1-2H3,(H,27,30,31). The van der Waals surface area contributed by atoms with E-state index in [1.165, 1.54) is 12.8 Å². The first-order valence-electron chi connectivity index (χ1n) is 10.9. The van der Waals surface area contributed by atoms with Crippen molar-refractivity contribution in [2.24, 2.45) is 5.92 Å². The molecule has 0 bridgehead atoms. The van der Waals surface area contributed by atoms with Crippen molar-refractivity contribution >= 4 is 34.0 Å². The van der Waals surface area contributed by atoms with Crippen molar-refractivity contribution in [3.63, 3.8) is 0 Å². The summed E-state index contributed by atoms with van der Waals surface area (Å²) in [5.41, 5.74) is 5.86. The Morgan fingerprint density at radius 3 is 2.22 bits per heavy atom. The van der Waals surface area contributed by atoms with E-state index in [1.807, 2.05) is 50.2 Å². The molecule has 4 rings (SSSR count). The summed E-state index contributed by atoms with van der Waals surface area (Å²) in [5, 5.41) is 0.661. The molecule has 1 fully saturated rings. The van der Waals surface area contributed by atoms with Gasteiger partial charge in [-0.1, -0.05) is 49.4 Å². The molecule has 1 N–H and O–H groups in total. The van der Waals surface area contributed by atoms with E-state index < -0.39 is 10.9 Å². The molecule has 1 aliphatic carbocycles. The average Bonchev–Trinajstić information content (AvgIpc) is 3.35. The normalized spacial score (nSPS) is 14.2. The molecule has 2 aromatic carbocycles. The number of ketones is 1. The zero-order valence-electron chi connectivity index (χ0n) is 18.2. The first kappa shape index (κ1) is 22.6. The van der Waals surface area contributed by atoms with Crippen LogP contribution in [0.3, 0.4) is 0 Å². The zero-order chi connectivity index (χ0) is 22.8. The van der Waals surface area contributed by atoms with Gasteiger partial charge in [0, 0.05) is 45.3 Å². The predicted octanol–water partition coefficient (Wildman–Crippen LogP) is 6.12. The highest BCUT2D eigenvalue weighted by molar-refractivity contribution is 7.73. The van der Waals surface area contributed by atoms with E-state index in [4.69, 9.17) is 11.6 Å². The number of nitrogens with one attached hydrogen (secondary N) is 1. The summed E-state index contributed by atoms with van der Waals surface area (Å²) in [6.45, 7) is 4.01. The van der Waals surface area contributed by atoms with Crippen molar-refractivity contribution in [2.45, 2.75) is 46.0 Å². The Hall–Kier alpha value is -2.57. The second-order valence-electron chi connectivity index (χ2n) is 8.46. The van der Waals surface area contributed by atoms with Crippen molar-refractivity contribution in [2.75, 3.05) is 4.72 Å². The van der Waals surface area contributed by atoms with E-state index in [-0.39, 0.29) is 5.78 Å². The van der Waals surface area contributed by atoms with Crippen molar-refractivity contribution < 1.29 is 13.2 Å². The fourth-order valence-corrected chi connectivity index (χ4v) is 5.39. The Balaban J connectivity index is 1.83. The monoisotopic (exact) mass is 470 g/mol. The number of thiol groups is 1. The van der Waals surface area contributed by atoms with Gasteiger partial charge in [-0.15, -0.1) is 0 Å². The molecule has 32 heavy (non-hydrogen) atoms. The molecule has 5 nitrogen and oxygen atoms in total. The van der Waals surface area contributed by atoms with Crippen LogP contribution in [0.1, 0.15) is 53.8 Å². The number of hydrogen-bond donors (Lipinski definition) is 2. The zero-order valence-corrected chi connectivity index (χ0v) is 19.9. The summed E-state index contributed by atoms with van der Waals surface area (Å²) in [5.74, 6) is 0.624. The van der Waals surface area contributed by atoms with Crippen molar-refractivity contribution in [3.05, 3.63) is 70.5 Å². The molecule has 3 aromatic rings. The van der Waals surface area contributed by atoms with Gasteiger partial charge in [0.1, 0.15) is 0 Å². The summed E-state index contributed by atoms with van der Waals surface area (Å²) in [4.78, 5) is 13.6. The summed E-state index contributed by atoms with van der Waals surface area (Å²) in [6, 6.07) is 14.8. The van der Waals surface area contributed by atoms with Gasteiger partial charge in [0.25, 0.3) is 0 Å². The smallest absolute Gasteiger partial charge is 0.222 e. The minimum Gasteiger partial charge on any atom is -0.317 e. The van der Waals surface area contributed by atoms with E-state index in [2.05, 4.69) is 9.29 Å². The minimum absolute atomic E-state index is 0.171. The number of anilines is 1. The first-order chi connectivity index (χ1) is 15.3. The van der Waals surface area contributed by atoms with Crippen LogP contribution in [0, 0.1) is 19.8 Å². The largest absolute Gasteiger partial charge is 0.317 e. The van der Waals surface area contributed by atoms with E-state index in [0.29, 0.717) is 23.0 Å². The van der Waals surface area contributed by atoms with E-state index in [9.17, 15) is 13.2 Å². The summed E-state index contributed by atoms with van der Waals surface area (Å²) >= 11 is 6.09. The van der Waals surface area contributed by atoms with Gasteiger partial charge in [0.15, 0.2) is 5.78 Å². The van der Waals surface area contributed by atoms with Crippen LogP contribution in [-0.4, -0.2) is 18.8 Å². The van der Waals surface area contributed by atoms with Crippen LogP contribution < -0.4 is 4.72 Å². The SMILES string of the molecule is Cc1c(C(=O)CC2CCCC2)c(-c2ccc(N[SH](=O)=O)cc2)c(C)n1-c1ccc(Cl)cc1. The van der Waals surface area contributed by atoms with Gasteiger partial charge in [-0.25, -0.2) is 8.42 Å². The number of Topliss-reactive ketones (excluding diaryl/α,β-unsaturated/α-hetero) is 1. The Morgan fingerprint density at radius 1 is 1.00 bits per heavy atom. The molecule has 0 radical (unpaired) electrons. The molecule has 7 heteroatoms. The molecule has 0 unspecified atom stereocenters. The third kappa shape index (κ3) is 4.62. The number of halogens is 1. The topological polar surface area (TPSA) is 68.2 Å². The molecule has 0 amide bonds. The molecule has 0 aliphatic heterocycles. The van der Waals surface area contributed by atoms with Gasteiger partial charge in [0.2, 0.25) is 10.9 Å². The molecule has 1 aromatic heterocycles. The fraction of sp³-hybridized carbons (Fsp3) is 0.320. The average molecular weight is 471 g/mol. The number of benzene rings is 2. The number of rotatable bonds is 7. The molecule has 168 valence electrons. The van der Waals surface area contributed by atoms with Crippen LogP contribution in [0.5, 0.6) is 0 Å². The first-order valence-corrected chi connectivity index (χ1v) is 12.4. The molecule has 0 spiro atoms. The van der Waals surface area contributed by atoms with Gasteiger partial charge < -0.3 is 4.57 Å². The quantitative estimate of drug-likeness (QED) is 0.323. The second-order valence-corrected chi connectivity index (χ2v) is 9.63. The van der Waals surface area contributed by atoms with Crippen LogP contribution in [0.2, 0.25) is 5.02 Å². The van der Waals surface area contributed by atoms with Gasteiger partial charge in [0.05, 0.1) is 0 Å². The minimum atomic E-state index is -2.72. The third-order valence-corrected chi connectivity index (χ3v) is 7.04. The highest BCUT2D eigenvalue weighted by Gasteiger charge is 2.27. The van der Waals surface area contributed by atoms with Crippen molar-refractivity contribution in [3.8, 4) is 16.8 Å². The Kier molecular flexibility index (Phi) is 6.72. The number of carbonyl (C=O) groups is 1. The molecule has 0 saturated heterocycles. The summed E-state index contributed by atoms with van der Waals surface area (Å²) in [6.07, 6.45) is 5.19. The molecule has 1 aliphatic rings. The lowest BCUT2D eigenvalue weighted by molar-refractivity contribution is 0.0962. The lowest BCUT2D eigenvalue weighted by Gasteiger charge is -2.11. The third-order valence-electron chi connectivity index (χ3n) is 6.35. The van der Waals surface area contributed by atoms with Crippen molar-refractivity contribution in [1.29, 1.82) is 0 Å². The molecule has 0 atom stereocenters. The van der Waals surface area contributed by atoms with Gasteiger partial charge >= 0.3 is 0 Å². The lowest BCUT2D eigenvalue weighted by atomic mass is 9.92. The Labute approximate surface area is 195 Å². The molecule has 1 saturated carbocycles. The van der Waals surface area contributed by atoms with Gasteiger partial charge in [-0.2, -0.15) is 0 Å². The predicted molar refractivity (Wildman–Crippen MR) is 131 cm³/mol. The number of aromatic nitrogens is 1. The van der Waals surface area contributed by atoms with Crippen LogP contribution in [0.15, 0.2) is 48.5 Å². The van der Waals surface area contributed by atoms with Crippen LogP contribution in [0.4, 0.5) is 5.69 Å². The van der Waals surface area contributed by atoms with Crippen molar-refractivity contribution in [1.82, 2.24) is 4.57 Å². The second kappa shape index (κ2) is 9.51. The van der Waals surface area contributed by atoms with Crippen LogP contribution in [-0.2, 0) is 10.9 Å². The maximum Gasteiger partial charge on any atom is 0.222 e. The number of hydrogen-bond acceptors (Lipinski definition) is 3. The highest BCUT2D eigenvalue weighted by atomic mass is 35.5.